The molecule has 1 fully saturated rings. The van der Waals surface area contributed by atoms with E-state index in [4.69, 9.17) is 9.72 Å². The summed E-state index contributed by atoms with van der Waals surface area (Å²) in [5.41, 5.74) is 2.89. The van der Waals surface area contributed by atoms with Gasteiger partial charge in [-0.25, -0.2) is 18.4 Å². The summed E-state index contributed by atoms with van der Waals surface area (Å²) in [6, 6.07) is 21.1. The Morgan fingerprint density at radius 2 is 1.51 bits per heavy atom. The zero-order valence-corrected chi connectivity index (χ0v) is 19.7. The molecule has 5 aromatic rings. The van der Waals surface area contributed by atoms with Gasteiger partial charge in [0.2, 0.25) is 5.95 Å². The van der Waals surface area contributed by atoms with Crippen LogP contribution in [0.4, 0.5) is 37.6 Å². The molecule has 0 amide bonds. The van der Waals surface area contributed by atoms with Gasteiger partial charge in [0.1, 0.15) is 17.3 Å². The molecule has 10 heteroatoms. The summed E-state index contributed by atoms with van der Waals surface area (Å²) >= 11 is 0. The first kappa shape index (κ1) is 22.9. The zero-order valence-electron chi connectivity index (χ0n) is 19.7. The summed E-state index contributed by atoms with van der Waals surface area (Å²) in [7, 11) is 0. The SMILES string of the molecule is Fc1cccc(F)c1Nc1nn(-c2ccccc2)c2nc(Nc3ccc(N4CCOCC4)cc3)ncc12. The predicted octanol–water partition coefficient (Wildman–Crippen LogP) is 5.42. The number of ether oxygens (including phenoxy) is 1. The molecule has 0 radical (unpaired) electrons. The van der Waals surface area contributed by atoms with Gasteiger partial charge < -0.3 is 20.3 Å². The first-order valence-electron chi connectivity index (χ1n) is 11.9. The average molecular weight is 500 g/mol. The molecule has 2 aromatic heterocycles. The van der Waals surface area contributed by atoms with Crippen molar-refractivity contribution in [2.75, 3.05) is 41.8 Å². The van der Waals surface area contributed by atoms with Gasteiger partial charge in [0, 0.05) is 30.7 Å². The van der Waals surface area contributed by atoms with E-state index >= 15 is 0 Å². The summed E-state index contributed by atoms with van der Waals surface area (Å²) in [5, 5.41) is 11.1. The van der Waals surface area contributed by atoms with Gasteiger partial charge in [0.25, 0.3) is 0 Å². The van der Waals surface area contributed by atoms with Crippen molar-refractivity contribution in [1.82, 2.24) is 19.7 Å². The maximum Gasteiger partial charge on any atom is 0.229 e. The standard InChI is InChI=1S/C27H23F2N7O/c28-22-7-4-8-23(29)24(22)32-25-21-17-30-27(33-26(21)36(34-25)20-5-2-1-3-6-20)31-18-9-11-19(12-10-18)35-13-15-37-16-14-35/h1-12,17H,13-16H2,(H,32,34)(H,30,31,33). The molecule has 3 aromatic carbocycles. The van der Waals surface area contributed by atoms with Crippen molar-refractivity contribution in [2.24, 2.45) is 0 Å². The molecule has 1 aliphatic heterocycles. The highest BCUT2D eigenvalue weighted by Gasteiger charge is 2.18. The predicted molar refractivity (Wildman–Crippen MR) is 139 cm³/mol. The average Bonchev–Trinajstić information content (AvgIpc) is 3.30. The highest BCUT2D eigenvalue weighted by molar-refractivity contribution is 5.90. The molecular formula is C27H23F2N7O. The lowest BCUT2D eigenvalue weighted by Crippen LogP contribution is -2.36. The second-order valence-corrected chi connectivity index (χ2v) is 8.52. The van der Waals surface area contributed by atoms with Crippen molar-refractivity contribution < 1.29 is 13.5 Å². The molecule has 3 heterocycles. The van der Waals surface area contributed by atoms with Crippen LogP contribution in [0.5, 0.6) is 0 Å². The first-order valence-corrected chi connectivity index (χ1v) is 11.9. The third-order valence-corrected chi connectivity index (χ3v) is 6.13. The maximum atomic E-state index is 14.3. The first-order chi connectivity index (χ1) is 18.2. The Kier molecular flexibility index (Phi) is 6.07. The van der Waals surface area contributed by atoms with E-state index in [0.29, 0.717) is 17.0 Å². The fraction of sp³-hybridized carbons (Fsp3) is 0.148. The van der Waals surface area contributed by atoms with Gasteiger partial charge in [-0.2, -0.15) is 4.98 Å². The minimum absolute atomic E-state index is 0.240. The molecule has 0 atom stereocenters. The summed E-state index contributed by atoms with van der Waals surface area (Å²) in [5.74, 6) is -0.833. The molecule has 0 unspecified atom stereocenters. The molecule has 6 rings (SSSR count). The van der Waals surface area contributed by atoms with E-state index in [1.54, 1.807) is 10.9 Å². The Bertz CT molecular complexity index is 1510. The number of hydrogen-bond donors (Lipinski definition) is 2. The molecular weight excluding hydrogens is 476 g/mol. The van der Waals surface area contributed by atoms with Crippen LogP contribution in [0.25, 0.3) is 16.7 Å². The molecule has 8 nitrogen and oxygen atoms in total. The second-order valence-electron chi connectivity index (χ2n) is 8.52. The summed E-state index contributed by atoms with van der Waals surface area (Å²) < 4.78 is 35.7. The lowest BCUT2D eigenvalue weighted by molar-refractivity contribution is 0.122. The topological polar surface area (TPSA) is 80.1 Å². The van der Waals surface area contributed by atoms with Crippen LogP contribution in [-0.2, 0) is 4.74 Å². The van der Waals surface area contributed by atoms with Crippen molar-refractivity contribution in [3.8, 4) is 5.69 Å². The Morgan fingerprint density at radius 1 is 0.784 bits per heavy atom. The normalized spacial score (nSPS) is 13.6. The Labute approximate surface area is 211 Å². The summed E-state index contributed by atoms with van der Waals surface area (Å²) in [6.45, 7) is 3.18. The third kappa shape index (κ3) is 4.66. The molecule has 0 aliphatic carbocycles. The molecule has 2 N–H and O–H groups in total. The van der Waals surface area contributed by atoms with E-state index in [9.17, 15) is 8.78 Å². The van der Waals surface area contributed by atoms with Crippen molar-refractivity contribution in [3.63, 3.8) is 0 Å². The highest BCUT2D eigenvalue weighted by Crippen LogP contribution is 2.30. The molecule has 37 heavy (non-hydrogen) atoms. The fourth-order valence-electron chi connectivity index (χ4n) is 4.25. The van der Waals surface area contributed by atoms with E-state index in [2.05, 4.69) is 25.6 Å². The molecule has 0 saturated carbocycles. The van der Waals surface area contributed by atoms with Crippen LogP contribution < -0.4 is 15.5 Å². The number of fused-ring (bicyclic) bond motifs is 1. The lowest BCUT2D eigenvalue weighted by Gasteiger charge is -2.28. The molecule has 0 bridgehead atoms. The van der Waals surface area contributed by atoms with E-state index in [1.165, 1.54) is 18.2 Å². The molecule has 1 saturated heterocycles. The van der Waals surface area contributed by atoms with Crippen molar-refractivity contribution >= 4 is 39.9 Å². The number of aromatic nitrogens is 4. The van der Waals surface area contributed by atoms with E-state index < -0.39 is 11.6 Å². The number of halogens is 2. The number of rotatable bonds is 6. The summed E-state index contributed by atoms with van der Waals surface area (Å²) in [6.07, 6.45) is 1.58. The van der Waals surface area contributed by atoms with Gasteiger partial charge in [-0.05, 0) is 48.5 Å². The van der Waals surface area contributed by atoms with Crippen molar-refractivity contribution in [2.45, 2.75) is 0 Å². The Morgan fingerprint density at radius 3 is 2.24 bits per heavy atom. The van der Waals surface area contributed by atoms with Gasteiger partial charge in [0.05, 0.1) is 24.3 Å². The van der Waals surface area contributed by atoms with Gasteiger partial charge >= 0.3 is 0 Å². The Balaban J connectivity index is 1.34. The van der Waals surface area contributed by atoms with Crippen LogP contribution in [0.2, 0.25) is 0 Å². The molecule has 186 valence electrons. The largest absolute Gasteiger partial charge is 0.378 e. The molecule has 0 spiro atoms. The van der Waals surface area contributed by atoms with Crippen LogP contribution in [0.3, 0.4) is 0 Å². The lowest BCUT2D eigenvalue weighted by atomic mass is 10.2. The number of nitrogens with zero attached hydrogens (tertiary/aromatic N) is 5. The third-order valence-electron chi connectivity index (χ3n) is 6.13. The van der Waals surface area contributed by atoms with Crippen LogP contribution in [0, 0.1) is 11.6 Å². The van der Waals surface area contributed by atoms with Crippen LogP contribution in [-0.4, -0.2) is 46.1 Å². The number of para-hydroxylation sites is 2. The van der Waals surface area contributed by atoms with Crippen LogP contribution >= 0.6 is 0 Å². The number of nitrogens with one attached hydrogen (secondary N) is 2. The van der Waals surface area contributed by atoms with Crippen molar-refractivity contribution in [1.29, 1.82) is 0 Å². The fourth-order valence-corrected chi connectivity index (χ4v) is 4.25. The smallest absolute Gasteiger partial charge is 0.229 e. The van der Waals surface area contributed by atoms with Gasteiger partial charge in [-0.1, -0.05) is 24.3 Å². The minimum Gasteiger partial charge on any atom is -0.378 e. The van der Waals surface area contributed by atoms with Crippen LogP contribution in [0.15, 0.2) is 79.0 Å². The number of anilines is 5. The number of morpholine rings is 1. The number of hydrogen-bond acceptors (Lipinski definition) is 7. The van der Waals surface area contributed by atoms with Gasteiger partial charge in [-0.3, -0.25) is 0 Å². The monoisotopic (exact) mass is 499 g/mol. The van der Waals surface area contributed by atoms with Gasteiger partial charge in [0.15, 0.2) is 11.5 Å². The van der Waals surface area contributed by atoms with E-state index in [1.807, 2.05) is 54.6 Å². The Hall–Kier alpha value is -4.57. The zero-order chi connectivity index (χ0) is 25.2. The van der Waals surface area contributed by atoms with Gasteiger partial charge in [-0.15, -0.1) is 5.10 Å². The van der Waals surface area contributed by atoms with Crippen molar-refractivity contribution in [3.05, 3.63) is 90.6 Å². The van der Waals surface area contributed by atoms with E-state index in [0.717, 1.165) is 43.4 Å². The highest BCUT2D eigenvalue weighted by atomic mass is 19.1. The minimum atomic E-state index is -0.720. The quantitative estimate of drug-likeness (QED) is 0.323. The maximum absolute atomic E-state index is 14.3. The van der Waals surface area contributed by atoms with E-state index in [-0.39, 0.29) is 11.5 Å². The molecule has 1 aliphatic rings. The summed E-state index contributed by atoms with van der Waals surface area (Å²) in [4.78, 5) is 11.4. The number of benzene rings is 3. The second kappa shape index (κ2) is 9.82. The van der Waals surface area contributed by atoms with Crippen LogP contribution in [0.1, 0.15) is 0 Å².